The monoisotopic (exact) mass is 442 g/mol. The van der Waals surface area contributed by atoms with Gasteiger partial charge in [0.2, 0.25) is 15.9 Å². The molecule has 0 bridgehead atoms. The van der Waals surface area contributed by atoms with Gasteiger partial charge < -0.3 is 5.32 Å². The maximum atomic E-state index is 13.6. The average molecular weight is 443 g/mol. The Morgan fingerprint density at radius 1 is 1.18 bits per heavy atom. The summed E-state index contributed by atoms with van der Waals surface area (Å²) in [5.74, 6) is 0.488. The molecule has 0 saturated heterocycles. The van der Waals surface area contributed by atoms with Gasteiger partial charge in [-0.05, 0) is 36.1 Å². The number of benzene rings is 2. The summed E-state index contributed by atoms with van der Waals surface area (Å²) in [6, 6.07) is 13.6. The Morgan fingerprint density at radius 2 is 1.93 bits per heavy atom. The van der Waals surface area contributed by atoms with Gasteiger partial charge in [0.25, 0.3) is 0 Å². The Hall–Kier alpha value is -1.71. The smallest absolute Gasteiger partial charge is 0.240 e. The van der Waals surface area contributed by atoms with Crippen LogP contribution in [0.3, 0.4) is 0 Å². The van der Waals surface area contributed by atoms with Gasteiger partial charge in [0.05, 0.1) is 11.9 Å². The van der Waals surface area contributed by atoms with Crippen LogP contribution in [0, 0.1) is 5.82 Å². The van der Waals surface area contributed by atoms with Crippen LogP contribution < -0.4 is 9.62 Å². The number of hydrogen-bond donors (Lipinski definition) is 1. The number of sulfonamides is 1. The summed E-state index contributed by atoms with van der Waals surface area (Å²) in [4.78, 5) is 13.1. The molecule has 1 amide bonds. The number of carbonyl (C=O) groups excluding carboxylic acids is 1. The highest BCUT2D eigenvalue weighted by atomic mass is 32.2. The van der Waals surface area contributed by atoms with Crippen LogP contribution >= 0.6 is 23.5 Å². The zero-order valence-corrected chi connectivity index (χ0v) is 18.2. The molecule has 0 aromatic heterocycles. The van der Waals surface area contributed by atoms with Gasteiger partial charge in [-0.15, -0.1) is 11.8 Å². The third-order valence-corrected chi connectivity index (χ3v) is 6.69. The molecule has 0 atom stereocenters. The minimum atomic E-state index is -3.60. The second-order valence-electron chi connectivity index (χ2n) is 5.97. The van der Waals surface area contributed by atoms with Crippen LogP contribution in [0.1, 0.15) is 5.56 Å². The van der Waals surface area contributed by atoms with E-state index >= 15 is 0 Å². The van der Waals surface area contributed by atoms with Crippen LogP contribution in [0.15, 0.2) is 53.4 Å². The first-order valence-corrected chi connectivity index (χ1v) is 12.7. The Labute approximate surface area is 174 Å². The summed E-state index contributed by atoms with van der Waals surface area (Å²) >= 11 is 3.00. The summed E-state index contributed by atoms with van der Waals surface area (Å²) < 4.78 is 38.9. The van der Waals surface area contributed by atoms with Crippen molar-refractivity contribution in [3.05, 3.63) is 59.9 Å². The summed E-state index contributed by atoms with van der Waals surface area (Å²) in [6.07, 6.45) is 2.98. The lowest BCUT2D eigenvalue weighted by atomic mass is 10.2. The molecular formula is C19H23FN2O3S3. The van der Waals surface area contributed by atoms with Crippen LogP contribution in [0.4, 0.5) is 10.1 Å². The number of amides is 1. The van der Waals surface area contributed by atoms with E-state index in [2.05, 4.69) is 5.32 Å². The first-order chi connectivity index (χ1) is 13.3. The molecule has 2 rings (SSSR count). The highest BCUT2D eigenvalue weighted by molar-refractivity contribution is 7.98. The zero-order chi connectivity index (χ0) is 20.6. The molecule has 5 nitrogen and oxygen atoms in total. The van der Waals surface area contributed by atoms with Crippen molar-refractivity contribution in [3.8, 4) is 0 Å². The Morgan fingerprint density at radius 3 is 2.61 bits per heavy atom. The van der Waals surface area contributed by atoms with Gasteiger partial charge in [0, 0.05) is 22.9 Å². The van der Waals surface area contributed by atoms with E-state index < -0.39 is 10.0 Å². The molecule has 0 unspecified atom stereocenters. The van der Waals surface area contributed by atoms with Crippen LogP contribution in [-0.2, 0) is 20.6 Å². The predicted octanol–water partition coefficient (Wildman–Crippen LogP) is 3.36. The van der Waals surface area contributed by atoms with E-state index in [1.807, 2.05) is 12.3 Å². The summed E-state index contributed by atoms with van der Waals surface area (Å²) in [7, 11) is -3.60. The Bertz CT molecular complexity index is 907. The van der Waals surface area contributed by atoms with Crippen LogP contribution in [0.25, 0.3) is 0 Å². The fourth-order valence-electron chi connectivity index (χ4n) is 2.41. The highest BCUT2D eigenvalue weighted by Crippen LogP contribution is 2.23. The highest BCUT2D eigenvalue weighted by Gasteiger charge is 2.20. The molecule has 2 aromatic rings. The zero-order valence-electron chi connectivity index (χ0n) is 15.7. The second-order valence-corrected chi connectivity index (χ2v) is 9.86. The van der Waals surface area contributed by atoms with Crippen molar-refractivity contribution >= 4 is 45.1 Å². The molecule has 9 heteroatoms. The molecule has 0 fully saturated rings. The van der Waals surface area contributed by atoms with Gasteiger partial charge >= 0.3 is 0 Å². The number of nitrogens with one attached hydrogen (secondary N) is 1. The van der Waals surface area contributed by atoms with E-state index in [4.69, 9.17) is 0 Å². The average Bonchev–Trinajstić information content (AvgIpc) is 2.66. The third kappa shape index (κ3) is 7.03. The van der Waals surface area contributed by atoms with Crippen molar-refractivity contribution in [2.75, 3.05) is 35.7 Å². The minimum absolute atomic E-state index is 0.240. The SMILES string of the molecule is CSc1cccc(N(CC(=O)NCCSCc2ccccc2F)S(C)(=O)=O)c1. The third-order valence-electron chi connectivity index (χ3n) is 3.81. The number of halogens is 1. The van der Waals surface area contributed by atoms with Crippen molar-refractivity contribution in [1.82, 2.24) is 5.32 Å². The molecule has 152 valence electrons. The van der Waals surface area contributed by atoms with Gasteiger partial charge in [-0.1, -0.05) is 24.3 Å². The lowest BCUT2D eigenvalue weighted by Gasteiger charge is -2.22. The Kier molecular flexibility index (Phi) is 8.65. The molecule has 0 heterocycles. The summed E-state index contributed by atoms with van der Waals surface area (Å²) in [6.45, 7) is 0.0923. The van der Waals surface area contributed by atoms with E-state index in [1.165, 1.54) is 29.6 Å². The quantitative estimate of drug-likeness (QED) is 0.451. The van der Waals surface area contributed by atoms with E-state index in [9.17, 15) is 17.6 Å². The fourth-order valence-corrected chi connectivity index (χ4v) is 4.56. The molecular weight excluding hydrogens is 419 g/mol. The lowest BCUT2D eigenvalue weighted by Crippen LogP contribution is -2.41. The van der Waals surface area contributed by atoms with Gasteiger partial charge in [-0.25, -0.2) is 12.8 Å². The van der Waals surface area contributed by atoms with E-state index in [1.54, 1.807) is 36.4 Å². The molecule has 0 aliphatic rings. The number of carbonyl (C=O) groups is 1. The standard InChI is InChI=1S/C19H23FN2O3S3/c1-26-17-8-5-7-16(12-17)22(28(2,24)25)13-19(23)21-10-11-27-14-15-6-3-4-9-18(15)20/h3-9,12H,10-11,13-14H2,1-2H3,(H,21,23). The van der Waals surface area contributed by atoms with Crippen LogP contribution in [0.2, 0.25) is 0 Å². The van der Waals surface area contributed by atoms with Gasteiger partial charge in [-0.3, -0.25) is 9.10 Å². The first-order valence-electron chi connectivity index (χ1n) is 8.51. The number of hydrogen-bond acceptors (Lipinski definition) is 5. The topological polar surface area (TPSA) is 66.5 Å². The van der Waals surface area contributed by atoms with Crippen molar-refractivity contribution in [2.45, 2.75) is 10.6 Å². The normalized spacial score (nSPS) is 11.2. The second kappa shape index (κ2) is 10.7. The number of rotatable bonds is 10. The fraction of sp³-hybridized carbons (Fsp3) is 0.316. The summed E-state index contributed by atoms with van der Waals surface area (Å²) in [5, 5.41) is 2.72. The molecule has 0 spiro atoms. The van der Waals surface area contributed by atoms with Crippen molar-refractivity contribution in [1.29, 1.82) is 0 Å². The van der Waals surface area contributed by atoms with Crippen LogP contribution in [-0.4, -0.2) is 45.7 Å². The lowest BCUT2D eigenvalue weighted by molar-refractivity contribution is -0.119. The van der Waals surface area contributed by atoms with Crippen molar-refractivity contribution in [3.63, 3.8) is 0 Å². The minimum Gasteiger partial charge on any atom is -0.354 e. The molecule has 0 aliphatic carbocycles. The van der Waals surface area contributed by atoms with Gasteiger partial charge in [0.1, 0.15) is 12.4 Å². The molecule has 1 N–H and O–H groups in total. The maximum absolute atomic E-state index is 13.6. The molecule has 2 aromatic carbocycles. The van der Waals surface area contributed by atoms with E-state index in [0.717, 1.165) is 15.5 Å². The van der Waals surface area contributed by atoms with Crippen molar-refractivity contribution < 1.29 is 17.6 Å². The van der Waals surface area contributed by atoms with E-state index in [-0.39, 0.29) is 18.3 Å². The number of nitrogens with zero attached hydrogens (tertiary/aromatic N) is 1. The van der Waals surface area contributed by atoms with E-state index in [0.29, 0.717) is 29.3 Å². The first kappa shape index (κ1) is 22.6. The predicted molar refractivity (Wildman–Crippen MR) is 116 cm³/mol. The number of thioether (sulfide) groups is 2. The summed E-state index contributed by atoms with van der Waals surface area (Å²) in [5.41, 5.74) is 1.08. The molecule has 0 saturated carbocycles. The maximum Gasteiger partial charge on any atom is 0.240 e. The molecule has 0 radical (unpaired) electrons. The largest absolute Gasteiger partial charge is 0.354 e. The van der Waals surface area contributed by atoms with Gasteiger partial charge in [0.15, 0.2) is 0 Å². The Balaban J connectivity index is 1.86. The van der Waals surface area contributed by atoms with Crippen LogP contribution in [0.5, 0.6) is 0 Å². The number of anilines is 1. The van der Waals surface area contributed by atoms with Crippen molar-refractivity contribution in [2.24, 2.45) is 0 Å². The van der Waals surface area contributed by atoms with Gasteiger partial charge in [-0.2, -0.15) is 11.8 Å². The molecule has 0 aliphatic heterocycles. The molecule has 28 heavy (non-hydrogen) atoms.